The molecule has 0 aliphatic carbocycles. The normalized spacial score (nSPS) is 11.4. The SMILES string of the molecule is O=C(Cc1cccc(C(F)(F)F)c1)c1ccc(Cl)nc1. The maximum Gasteiger partial charge on any atom is 0.416 e. The van der Waals surface area contributed by atoms with Crippen LogP contribution in [0, 0.1) is 0 Å². The summed E-state index contributed by atoms with van der Waals surface area (Å²) in [7, 11) is 0. The third-order valence-corrected chi connectivity index (χ3v) is 2.89. The smallest absolute Gasteiger partial charge is 0.294 e. The third kappa shape index (κ3) is 3.57. The van der Waals surface area contributed by atoms with E-state index < -0.39 is 11.7 Å². The average molecular weight is 300 g/mol. The molecule has 2 aromatic rings. The topological polar surface area (TPSA) is 30.0 Å². The van der Waals surface area contributed by atoms with E-state index >= 15 is 0 Å². The van der Waals surface area contributed by atoms with Gasteiger partial charge in [0.1, 0.15) is 5.15 Å². The zero-order valence-corrected chi connectivity index (χ0v) is 10.9. The van der Waals surface area contributed by atoms with Gasteiger partial charge in [-0.25, -0.2) is 4.98 Å². The molecule has 0 atom stereocenters. The highest BCUT2D eigenvalue weighted by Crippen LogP contribution is 2.29. The van der Waals surface area contributed by atoms with Crippen LogP contribution in [0.1, 0.15) is 21.5 Å². The molecule has 0 fully saturated rings. The quantitative estimate of drug-likeness (QED) is 0.628. The van der Waals surface area contributed by atoms with Crippen LogP contribution in [0.4, 0.5) is 13.2 Å². The van der Waals surface area contributed by atoms with Gasteiger partial charge < -0.3 is 0 Å². The van der Waals surface area contributed by atoms with Gasteiger partial charge in [-0.05, 0) is 23.8 Å². The molecule has 2 nitrogen and oxygen atoms in total. The highest BCUT2D eigenvalue weighted by atomic mass is 35.5. The molecule has 6 heteroatoms. The number of pyridine rings is 1. The molecule has 0 spiro atoms. The Hall–Kier alpha value is -1.88. The maximum absolute atomic E-state index is 12.6. The van der Waals surface area contributed by atoms with Gasteiger partial charge in [-0.1, -0.05) is 29.8 Å². The second-order valence-electron chi connectivity index (χ2n) is 4.17. The molecule has 0 radical (unpaired) electrons. The highest BCUT2D eigenvalue weighted by molar-refractivity contribution is 6.29. The number of carbonyl (C=O) groups excluding carboxylic acids is 1. The summed E-state index contributed by atoms with van der Waals surface area (Å²) in [4.78, 5) is 15.7. The number of nitrogens with zero attached hydrogens (tertiary/aromatic N) is 1. The Kier molecular flexibility index (Phi) is 4.09. The van der Waals surface area contributed by atoms with E-state index in [2.05, 4.69) is 4.98 Å². The van der Waals surface area contributed by atoms with Gasteiger partial charge in [-0.3, -0.25) is 4.79 Å². The van der Waals surface area contributed by atoms with Crippen LogP contribution in [-0.4, -0.2) is 10.8 Å². The van der Waals surface area contributed by atoms with E-state index in [1.54, 1.807) is 0 Å². The first-order valence-corrected chi connectivity index (χ1v) is 6.05. The molecule has 0 unspecified atom stereocenters. The van der Waals surface area contributed by atoms with E-state index in [-0.39, 0.29) is 17.4 Å². The van der Waals surface area contributed by atoms with Crippen LogP contribution < -0.4 is 0 Å². The summed E-state index contributed by atoms with van der Waals surface area (Å²) in [6.45, 7) is 0. The van der Waals surface area contributed by atoms with E-state index in [1.807, 2.05) is 0 Å². The number of rotatable bonds is 3. The van der Waals surface area contributed by atoms with E-state index in [0.717, 1.165) is 12.1 Å². The predicted molar refractivity (Wildman–Crippen MR) is 68.7 cm³/mol. The van der Waals surface area contributed by atoms with Crippen molar-refractivity contribution in [2.45, 2.75) is 12.6 Å². The number of ketones is 1. The van der Waals surface area contributed by atoms with Crippen molar-refractivity contribution in [3.63, 3.8) is 0 Å². The number of benzene rings is 1. The van der Waals surface area contributed by atoms with Crippen molar-refractivity contribution in [3.05, 3.63) is 64.4 Å². The second kappa shape index (κ2) is 5.63. The van der Waals surface area contributed by atoms with Crippen molar-refractivity contribution in [2.24, 2.45) is 0 Å². The molecule has 0 aliphatic rings. The van der Waals surface area contributed by atoms with Gasteiger partial charge in [0.05, 0.1) is 5.56 Å². The third-order valence-electron chi connectivity index (χ3n) is 2.67. The molecule has 0 N–H and O–H groups in total. The Morgan fingerprint density at radius 2 is 1.95 bits per heavy atom. The van der Waals surface area contributed by atoms with Gasteiger partial charge in [0, 0.05) is 18.2 Å². The van der Waals surface area contributed by atoms with Gasteiger partial charge in [-0.15, -0.1) is 0 Å². The summed E-state index contributed by atoms with van der Waals surface area (Å²) in [6.07, 6.45) is -3.23. The van der Waals surface area contributed by atoms with Crippen LogP contribution in [0.3, 0.4) is 0 Å². The molecule has 0 amide bonds. The van der Waals surface area contributed by atoms with Gasteiger partial charge in [0.15, 0.2) is 5.78 Å². The Labute approximate surface area is 118 Å². The first-order valence-electron chi connectivity index (χ1n) is 5.67. The zero-order chi connectivity index (χ0) is 14.8. The molecule has 0 bridgehead atoms. The number of halogens is 4. The van der Waals surface area contributed by atoms with Crippen molar-refractivity contribution in [3.8, 4) is 0 Å². The Bertz CT molecular complexity index is 623. The standard InChI is InChI=1S/C14H9ClF3NO/c15-13-5-4-10(8-19-13)12(20)7-9-2-1-3-11(6-9)14(16,17)18/h1-6,8H,7H2. The monoisotopic (exact) mass is 299 g/mol. The largest absolute Gasteiger partial charge is 0.416 e. The van der Waals surface area contributed by atoms with E-state index in [4.69, 9.17) is 11.6 Å². The number of carbonyl (C=O) groups is 1. The zero-order valence-electron chi connectivity index (χ0n) is 10.1. The second-order valence-corrected chi connectivity index (χ2v) is 4.55. The molecule has 0 saturated carbocycles. The van der Waals surface area contributed by atoms with Crippen molar-refractivity contribution >= 4 is 17.4 Å². The summed E-state index contributed by atoms with van der Waals surface area (Å²) < 4.78 is 37.7. The summed E-state index contributed by atoms with van der Waals surface area (Å²) in [6, 6.07) is 7.66. The lowest BCUT2D eigenvalue weighted by molar-refractivity contribution is -0.137. The Morgan fingerprint density at radius 1 is 1.20 bits per heavy atom. The van der Waals surface area contributed by atoms with Crippen LogP contribution in [-0.2, 0) is 12.6 Å². The minimum Gasteiger partial charge on any atom is -0.294 e. The van der Waals surface area contributed by atoms with E-state index in [0.29, 0.717) is 11.1 Å². The maximum atomic E-state index is 12.6. The summed E-state index contributed by atoms with van der Waals surface area (Å²) in [5.41, 5.74) is -0.149. The van der Waals surface area contributed by atoms with Crippen LogP contribution >= 0.6 is 11.6 Å². The minimum absolute atomic E-state index is 0.118. The molecule has 1 aromatic heterocycles. The molecule has 1 aromatic carbocycles. The first-order chi connectivity index (χ1) is 9.36. The van der Waals surface area contributed by atoms with E-state index in [1.165, 1.54) is 30.5 Å². The summed E-state index contributed by atoms with van der Waals surface area (Å²) in [5, 5.41) is 0.251. The van der Waals surface area contributed by atoms with Crippen molar-refractivity contribution < 1.29 is 18.0 Å². The van der Waals surface area contributed by atoms with Gasteiger partial charge in [-0.2, -0.15) is 13.2 Å². The van der Waals surface area contributed by atoms with Gasteiger partial charge >= 0.3 is 6.18 Å². The van der Waals surface area contributed by atoms with E-state index in [9.17, 15) is 18.0 Å². The molecule has 2 rings (SSSR count). The molecular weight excluding hydrogens is 291 g/mol. The summed E-state index contributed by atoms with van der Waals surface area (Å²) >= 11 is 5.60. The van der Waals surface area contributed by atoms with Gasteiger partial charge in [0.2, 0.25) is 0 Å². The van der Waals surface area contributed by atoms with Crippen molar-refractivity contribution in [2.75, 3.05) is 0 Å². The predicted octanol–water partition coefficient (Wildman–Crippen LogP) is 4.18. The Balaban J connectivity index is 2.18. The van der Waals surface area contributed by atoms with Crippen molar-refractivity contribution in [1.29, 1.82) is 0 Å². The highest BCUT2D eigenvalue weighted by Gasteiger charge is 2.30. The first kappa shape index (κ1) is 14.5. The molecule has 1 heterocycles. The lowest BCUT2D eigenvalue weighted by Crippen LogP contribution is -2.08. The number of aromatic nitrogens is 1. The average Bonchev–Trinajstić information content (AvgIpc) is 2.38. The minimum atomic E-state index is -4.42. The molecule has 0 aliphatic heterocycles. The fourth-order valence-corrected chi connectivity index (χ4v) is 1.80. The lowest BCUT2D eigenvalue weighted by Gasteiger charge is -2.08. The number of hydrogen-bond acceptors (Lipinski definition) is 2. The van der Waals surface area contributed by atoms with Crippen molar-refractivity contribution in [1.82, 2.24) is 4.98 Å². The van der Waals surface area contributed by atoms with Gasteiger partial charge in [0.25, 0.3) is 0 Å². The van der Waals surface area contributed by atoms with Crippen LogP contribution in [0.2, 0.25) is 5.15 Å². The van der Waals surface area contributed by atoms with Crippen LogP contribution in [0.25, 0.3) is 0 Å². The number of hydrogen-bond donors (Lipinski definition) is 0. The molecule has 20 heavy (non-hydrogen) atoms. The Morgan fingerprint density at radius 3 is 2.55 bits per heavy atom. The fourth-order valence-electron chi connectivity index (χ4n) is 1.69. The molecule has 104 valence electrons. The number of Topliss-reactive ketones (excluding diaryl/α,β-unsaturated/α-hetero) is 1. The molecule has 0 saturated heterocycles. The lowest BCUT2D eigenvalue weighted by atomic mass is 10.0. The number of alkyl halides is 3. The fraction of sp³-hybridized carbons (Fsp3) is 0.143. The van der Waals surface area contributed by atoms with Crippen LogP contribution in [0.15, 0.2) is 42.6 Å². The molecular formula is C14H9ClF3NO. The summed E-state index contributed by atoms with van der Waals surface area (Å²) in [5.74, 6) is -0.312. The van der Waals surface area contributed by atoms with Crippen LogP contribution in [0.5, 0.6) is 0 Å².